The van der Waals surface area contributed by atoms with Crippen molar-refractivity contribution in [2.24, 2.45) is 7.05 Å². The maximum Gasteiger partial charge on any atom is 0.308 e. The molecule has 9 nitrogen and oxygen atoms in total. The number of amides is 1. The molecular formula is C16H15N5O4. The second-order valence-corrected chi connectivity index (χ2v) is 5.19. The highest BCUT2D eigenvalue weighted by Gasteiger charge is 2.15. The summed E-state index contributed by atoms with van der Waals surface area (Å²) in [4.78, 5) is 27.6. The summed E-state index contributed by atoms with van der Waals surface area (Å²) < 4.78 is 11.8. The van der Waals surface area contributed by atoms with Crippen LogP contribution >= 0.6 is 0 Å². The number of aromatic nitrogens is 4. The van der Waals surface area contributed by atoms with Crippen molar-refractivity contribution in [3.8, 4) is 17.1 Å². The number of nitrogens with zero attached hydrogens (tertiary/aromatic N) is 4. The van der Waals surface area contributed by atoms with Gasteiger partial charge in [-0.1, -0.05) is 17.3 Å². The van der Waals surface area contributed by atoms with E-state index in [1.807, 2.05) is 0 Å². The number of aryl methyl sites for hydroxylation is 1. The Hall–Kier alpha value is -3.49. The van der Waals surface area contributed by atoms with E-state index in [9.17, 15) is 9.59 Å². The minimum Gasteiger partial charge on any atom is -0.426 e. The molecule has 0 saturated heterocycles. The summed E-state index contributed by atoms with van der Waals surface area (Å²) in [6.45, 7) is 1.31. The van der Waals surface area contributed by atoms with Crippen molar-refractivity contribution in [1.82, 2.24) is 25.2 Å². The molecule has 0 aliphatic rings. The van der Waals surface area contributed by atoms with Gasteiger partial charge in [-0.05, 0) is 12.1 Å². The third kappa shape index (κ3) is 3.89. The van der Waals surface area contributed by atoms with Gasteiger partial charge in [-0.2, -0.15) is 10.1 Å². The van der Waals surface area contributed by atoms with Crippen LogP contribution in [-0.4, -0.2) is 31.8 Å². The van der Waals surface area contributed by atoms with Crippen LogP contribution in [0.3, 0.4) is 0 Å². The van der Waals surface area contributed by atoms with Gasteiger partial charge in [-0.25, -0.2) is 0 Å². The average molecular weight is 341 g/mol. The first-order valence-corrected chi connectivity index (χ1v) is 7.40. The highest BCUT2D eigenvalue weighted by atomic mass is 16.5. The second kappa shape index (κ2) is 6.95. The minimum atomic E-state index is -0.502. The molecule has 1 N–H and O–H groups in total. The monoisotopic (exact) mass is 341 g/mol. The molecule has 9 heteroatoms. The zero-order valence-corrected chi connectivity index (χ0v) is 13.6. The van der Waals surface area contributed by atoms with Crippen LogP contribution in [0.25, 0.3) is 11.4 Å². The second-order valence-electron chi connectivity index (χ2n) is 5.19. The lowest BCUT2D eigenvalue weighted by Crippen LogP contribution is -2.24. The van der Waals surface area contributed by atoms with Crippen molar-refractivity contribution in [2.75, 3.05) is 0 Å². The normalized spacial score (nSPS) is 10.5. The maximum atomic E-state index is 12.3. The first-order valence-electron chi connectivity index (χ1n) is 7.40. The predicted molar refractivity (Wildman–Crippen MR) is 85.4 cm³/mol. The van der Waals surface area contributed by atoms with Crippen LogP contribution in [0.2, 0.25) is 0 Å². The van der Waals surface area contributed by atoms with Crippen LogP contribution in [0.1, 0.15) is 23.2 Å². The molecule has 3 rings (SSSR count). The lowest BCUT2D eigenvalue weighted by molar-refractivity contribution is -0.131. The summed E-state index contributed by atoms with van der Waals surface area (Å²) in [6, 6.07) is 6.45. The fourth-order valence-electron chi connectivity index (χ4n) is 2.13. The summed E-state index contributed by atoms with van der Waals surface area (Å²) in [6.07, 6.45) is 3.37. The van der Waals surface area contributed by atoms with E-state index < -0.39 is 11.9 Å². The van der Waals surface area contributed by atoms with Gasteiger partial charge in [0.2, 0.25) is 11.7 Å². The number of carbonyl (C=O) groups is 2. The van der Waals surface area contributed by atoms with E-state index in [-0.39, 0.29) is 23.7 Å². The smallest absolute Gasteiger partial charge is 0.308 e. The third-order valence-corrected chi connectivity index (χ3v) is 3.22. The van der Waals surface area contributed by atoms with Crippen molar-refractivity contribution in [1.29, 1.82) is 0 Å². The molecule has 2 aromatic heterocycles. The van der Waals surface area contributed by atoms with Crippen LogP contribution in [0, 0.1) is 0 Å². The highest BCUT2D eigenvalue weighted by Crippen LogP contribution is 2.18. The van der Waals surface area contributed by atoms with E-state index in [1.165, 1.54) is 6.92 Å². The lowest BCUT2D eigenvalue weighted by atomic mass is 10.2. The van der Waals surface area contributed by atoms with Gasteiger partial charge in [-0.3, -0.25) is 14.3 Å². The zero-order chi connectivity index (χ0) is 17.8. The number of benzene rings is 1. The van der Waals surface area contributed by atoms with Crippen molar-refractivity contribution >= 4 is 11.9 Å². The Kier molecular flexibility index (Phi) is 4.55. The molecule has 0 fully saturated rings. The van der Waals surface area contributed by atoms with E-state index in [0.717, 1.165) is 0 Å². The van der Waals surface area contributed by atoms with Crippen LogP contribution in [0.5, 0.6) is 5.75 Å². The number of nitrogens with one attached hydrogen (secondary N) is 1. The van der Waals surface area contributed by atoms with Gasteiger partial charge < -0.3 is 14.6 Å². The number of ether oxygens (including phenoxy) is 1. The highest BCUT2D eigenvalue weighted by molar-refractivity contribution is 5.97. The Bertz CT molecular complexity index is 915. The number of rotatable bonds is 5. The number of hydrogen-bond donors (Lipinski definition) is 1. The number of carbonyl (C=O) groups excluding carboxylic acids is 2. The molecule has 0 radical (unpaired) electrons. The number of hydrogen-bond acceptors (Lipinski definition) is 7. The first kappa shape index (κ1) is 16.4. The molecule has 1 aromatic carbocycles. The van der Waals surface area contributed by atoms with Gasteiger partial charge in [0.1, 0.15) is 5.75 Å². The van der Waals surface area contributed by atoms with Crippen molar-refractivity contribution in [3.63, 3.8) is 0 Å². The Balaban J connectivity index is 1.67. The predicted octanol–water partition coefficient (Wildman–Crippen LogP) is 1.33. The van der Waals surface area contributed by atoms with E-state index >= 15 is 0 Å². The Morgan fingerprint density at radius 1 is 1.32 bits per heavy atom. The molecule has 3 aromatic rings. The van der Waals surface area contributed by atoms with Crippen LogP contribution in [0.15, 0.2) is 41.2 Å². The zero-order valence-electron chi connectivity index (χ0n) is 13.6. The van der Waals surface area contributed by atoms with Crippen LogP contribution in [-0.2, 0) is 18.4 Å². The fourth-order valence-corrected chi connectivity index (χ4v) is 2.13. The first-order chi connectivity index (χ1) is 12.0. The molecule has 2 heterocycles. The third-order valence-electron chi connectivity index (χ3n) is 3.22. The molecule has 0 unspecified atom stereocenters. The summed E-state index contributed by atoms with van der Waals surface area (Å²) in [5.74, 6) is -0.0971. The van der Waals surface area contributed by atoms with Crippen molar-refractivity contribution in [3.05, 3.63) is 48.1 Å². The minimum absolute atomic E-state index is 0.0422. The van der Waals surface area contributed by atoms with Crippen LogP contribution in [0.4, 0.5) is 0 Å². The average Bonchev–Trinajstić information content (AvgIpc) is 3.21. The van der Waals surface area contributed by atoms with Gasteiger partial charge in [-0.15, -0.1) is 0 Å². The van der Waals surface area contributed by atoms with Gasteiger partial charge >= 0.3 is 5.97 Å². The topological polar surface area (TPSA) is 112 Å². The molecule has 0 aliphatic carbocycles. The number of esters is 1. The van der Waals surface area contributed by atoms with Gasteiger partial charge in [0.25, 0.3) is 5.91 Å². The fraction of sp³-hybridized carbons (Fsp3) is 0.188. The van der Waals surface area contributed by atoms with E-state index in [2.05, 4.69) is 20.6 Å². The van der Waals surface area contributed by atoms with E-state index in [0.29, 0.717) is 11.4 Å². The number of para-hydroxylation sites is 1. The molecule has 0 aliphatic heterocycles. The lowest BCUT2D eigenvalue weighted by Gasteiger charge is -2.08. The van der Waals surface area contributed by atoms with Gasteiger partial charge in [0.05, 0.1) is 23.9 Å². The van der Waals surface area contributed by atoms with Gasteiger partial charge in [0.15, 0.2) is 0 Å². The summed E-state index contributed by atoms with van der Waals surface area (Å²) in [5.41, 5.74) is 0.953. The van der Waals surface area contributed by atoms with Gasteiger partial charge in [0, 0.05) is 20.2 Å². The Labute approximate surface area is 142 Å². The standard InChI is InChI=1S/C16H15N5O4/c1-10(22)24-13-6-4-3-5-12(13)16(23)17-8-14-19-15(20-25-14)11-7-18-21(2)9-11/h3-7,9H,8H2,1-2H3,(H,17,23). The Morgan fingerprint density at radius 3 is 2.84 bits per heavy atom. The summed E-state index contributed by atoms with van der Waals surface area (Å²) in [5, 5.41) is 10.5. The summed E-state index contributed by atoms with van der Waals surface area (Å²) >= 11 is 0. The summed E-state index contributed by atoms with van der Waals surface area (Å²) in [7, 11) is 1.78. The Morgan fingerprint density at radius 2 is 2.12 bits per heavy atom. The molecule has 128 valence electrons. The SMILES string of the molecule is CC(=O)Oc1ccccc1C(=O)NCc1nc(-c2cnn(C)c2)no1. The van der Waals surface area contributed by atoms with E-state index in [4.69, 9.17) is 9.26 Å². The van der Waals surface area contributed by atoms with Crippen molar-refractivity contribution in [2.45, 2.75) is 13.5 Å². The molecule has 0 spiro atoms. The van der Waals surface area contributed by atoms with Crippen molar-refractivity contribution < 1.29 is 18.8 Å². The largest absolute Gasteiger partial charge is 0.426 e. The molecule has 0 atom stereocenters. The van der Waals surface area contributed by atoms with Crippen LogP contribution < -0.4 is 10.1 Å². The molecule has 0 bridgehead atoms. The molecule has 1 amide bonds. The maximum absolute atomic E-state index is 12.3. The van der Waals surface area contributed by atoms with E-state index in [1.54, 1.807) is 48.4 Å². The molecule has 0 saturated carbocycles. The quantitative estimate of drug-likeness (QED) is 0.550. The molecule has 25 heavy (non-hydrogen) atoms. The molecular weight excluding hydrogens is 326 g/mol.